The van der Waals surface area contributed by atoms with Crippen molar-refractivity contribution in [1.82, 2.24) is 0 Å². The summed E-state index contributed by atoms with van der Waals surface area (Å²) in [5, 5.41) is 9.04. The zero-order chi connectivity index (χ0) is 18.5. The van der Waals surface area contributed by atoms with E-state index >= 15 is 0 Å². The largest absolute Gasteiger partial charge is 0.486 e. The van der Waals surface area contributed by atoms with Crippen molar-refractivity contribution in [2.75, 3.05) is 0 Å². The second-order valence-corrected chi connectivity index (χ2v) is 6.25. The van der Waals surface area contributed by atoms with Crippen molar-refractivity contribution in [2.24, 2.45) is 0 Å². The zero-order valence-electron chi connectivity index (χ0n) is 14.5. The van der Waals surface area contributed by atoms with Gasteiger partial charge >= 0.3 is 5.97 Å². The fourth-order valence-corrected chi connectivity index (χ4v) is 3.30. The number of aliphatic carboxylic acids is 1. The van der Waals surface area contributed by atoms with E-state index in [1.54, 1.807) is 6.92 Å². The highest BCUT2D eigenvalue weighted by Gasteiger charge is 2.24. The Kier molecular flexibility index (Phi) is 5.25. The molecule has 0 spiro atoms. The van der Waals surface area contributed by atoms with Crippen LogP contribution in [0.4, 0.5) is 5.69 Å². The number of nitrogens with zero attached hydrogens (tertiary/aromatic N) is 1. The van der Waals surface area contributed by atoms with Gasteiger partial charge in [-0.1, -0.05) is 41.8 Å². The molecule has 2 aromatic carbocycles. The molecule has 4 nitrogen and oxygen atoms in total. The number of carboxylic acids is 1. The molecule has 1 aliphatic carbocycles. The van der Waals surface area contributed by atoms with Crippen molar-refractivity contribution in [2.45, 2.75) is 38.2 Å². The van der Waals surface area contributed by atoms with Gasteiger partial charge in [-0.3, -0.25) is 4.79 Å². The van der Waals surface area contributed by atoms with E-state index in [-0.39, 0.29) is 18.4 Å². The summed E-state index contributed by atoms with van der Waals surface area (Å²) in [4.78, 5) is 14.5. The van der Waals surface area contributed by atoms with Crippen molar-refractivity contribution in [1.29, 1.82) is 0 Å². The monoisotopic (exact) mass is 345 g/mol. The number of aryl methyl sites for hydroxylation is 1. The van der Waals surface area contributed by atoms with Crippen LogP contribution in [0.25, 0.3) is 4.85 Å². The fourth-order valence-electron chi connectivity index (χ4n) is 3.30. The molecule has 0 aromatic heterocycles. The first-order valence-corrected chi connectivity index (χ1v) is 8.51. The summed E-state index contributed by atoms with van der Waals surface area (Å²) in [6, 6.07) is 13.2. The first-order valence-electron chi connectivity index (χ1n) is 8.51. The number of carbonyl (C=O) groups is 1. The van der Waals surface area contributed by atoms with E-state index in [9.17, 15) is 4.79 Å². The number of rotatable bonds is 5. The van der Waals surface area contributed by atoms with Crippen LogP contribution < -0.4 is 4.74 Å². The Morgan fingerprint density at radius 1 is 1.35 bits per heavy atom. The Hall–Kier alpha value is -3.24. The van der Waals surface area contributed by atoms with Gasteiger partial charge in [0.1, 0.15) is 11.9 Å². The quantitative estimate of drug-likeness (QED) is 0.620. The third-order valence-corrected chi connectivity index (χ3v) is 4.54. The highest BCUT2D eigenvalue weighted by Crippen LogP contribution is 2.37. The summed E-state index contributed by atoms with van der Waals surface area (Å²) in [5.41, 5.74) is 3.86. The summed E-state index contributed by atoms with van der Waals surface area (Å²) in [6.45, 7) is 8.82. The van der Waals surface area contributed by atoms with Crippen LogP contribution in [0, 0.1) is 18.4 Å². The molecule has 2 atom stereocenters. The van der Waals surface area contributed by atoms with Crippen molar-refractivity contribution >= 4 is 11.7 Å². The summed E-state index contributed by atoms with van der Waals surface area (Å²) in [6.07, 6.45) is 1.77. The maximum atomic E-state index is 11.0. The molecule has 1 unspecified atom stereocenters. The Balaban J connectivity index is 1.74. The van der Waals surface area contributed by atoms with Gasteiger partial charge < -0.3 is 9.84 Å². The van der Waals surface area contributed by atoms with E-state index < -0.39 is 5.97 Å². The predicted octanol–water partition coefficient (Wildman–Crippen LogP) is 4.89. The van der Waals surface area contributed by atoms with E-state index in [0.29, 0.717) is 5.69 Å². The molecular formula is C22H19NO3. The Morgan fingerprint density at radius 2 is 2.12 bits per heavy atom. The summed E-state index contributed by atoms with van der Waals surface area (Å²) >= 11 is 0. The number of fused-ring (bicyclic) bond motifs is 1. The lowest BCUT2D eigenvalue weighted by Crippen LogP contribution is -2.06. The first-order chi connectivity index (χ1) is 12.6. The maximum Gasteiger partial charge on any atom is 0.304 e. The Morgan fingerprint density at radius 3 is 2.77 bits per heavy atom. The van der Waals surface area contributed by atoms with Gasteiger partial charge in [0, 0.05) is 0 Å². The topological polar surface area (TPSA) is 50.9 Å². The molecule has 0 saturated carbocycles. The lowest BCUT2D eigenvalue weighted by atomic mass is 9.96. The second kappa shape index (κ2) is 7.76. The third kappa shape index (κ3) is 3.87. The van der Waals surface area contributed by atoms with Gasteiger partial charge in [-0.25, -0.2) is 4.85 Å². The van der Waals surface area contributed by atoms with E-state index in [4.69, 9.17) is 16.4 Å². The van der Waals surface area contributed by atoms with Crippen molar-refractivity contribution < 1.29 is 14.6 Å². The van der Waals surface area contributed by atoms with Crippen molar-refractivity contribution in [3.05, 3.63) is 70.6 Å². The average molecular weight is 345 g/mol. The SMILES string of the molecule is [C-]#[N+]c1ccc2c(c1)CCC2Oc1ccc([C@@H](C#CC)CC(=O)O)cc1. The number of carboxylic acid groups (broad SMARTS) is 1. The lowest BCUT2D eigenvalue weighted by Gasteiger charge is -2.16. The minimum Gasteiger partial charge on any atom is -0.486 e. The molecule has 26 heavy (non-hydrogen) atoms. The van der Waals surface area contributed by atoms with Crippen LogP contribution in [0.3, 0.4) is 0 Å². The summed E-state index contributed by atoms with van der Waals surface area (Å²) in [7, 11) is 0. The highest BCUT2D eigenvalue weighted by atomic mass is 16.5. The van der Waals surface area contributed by atoms with Crippen LogP contribution in [0.5, 0.6) is 5.75 Å². The van der Waals surface area contributed by atoms with Gasteiger partial charge in [-0.15, -0.1) is 5.92 Å². The van der Waals surface area contributed by atoms with Crippen LogP contribution >= 0.6 is 0 Å². The minimum absolute atomic E-state index is 0.0131. The van der Waals surface area contributed by atoms with Crippen LogP contribution in [0.1, 0.15) is 48.5 Å². The van der Waals surface area contributed by atoms with Crippen LogP contribution in [-0.2, 0) is 11.2 Å². The van der Waals surface area contributed by atoms with Gasteiger partial charge in [0.05, 0.1) is 18.9 Å². The Bertz CT molecular complexity index is 913. The third-order valence-electron chi connectivity index (χ3n) is 4.54. The number of hydrogen-bond donors (Lipinski definition) is 1. The number of hydrogen-bond acceptors (Lipinski definition) is 2. The molecule has 1 aliphatic rings. The number of benzene rings is 2. The summed E-state index contributed by atoms with van der Waals surface area (Å²) < 4.78 is 6.12. The molecule has 3 rings (SSSR count). The lowest BCUT2D eigenvalue weighted by molar-refractivity contribution is -0.137. The van der Waals surface area contributed by atoms with E-state index in [1.165, 1.54) is 5.56 Å². The standard InChI is InChI=1S/C22H19NO3/c1-3-4-16(14-22(24)25)15-5-9-19(10-6-15)26-21-12-7-17-13-18(23-2)8-11-20(17)21/h5-6,8-11,13,16,21H,7,12,14H2,1H3,(H,24,25)/t16-,21?/m0/s1. The molecular weight excluding hydrogens is 326 g/mol. The Labute approximate surface area is 153 Å². The van der Waals surface area contributed by atoms with E-state index in [0.717, 1.165) is 29.7 Å². The molecule has 0 bridgehead atoms. The maximum absolute atomic E-state index is 11.0. The normalized spacial score (nSPS) is 15.9. The van der Waals surface area contributed by atoms with Crippen LogP contribution in [-0.4, -0.2) is 11.1 Å². The first kappa shape index (κ1) is 17.6. The van der Waals surface area contributed by atoms with Gasteiger partial charge in [0.25, 0.3) is 0 Å². The van der Waals surface area contributed by atoms with Crippen LogP contribution in [0.2, 0.25) is 0 Å². The van der Waals surface area contributed by atoms with E-state index in [1.807, 2.05) is 42.5 Å². The molecule has 1 N–H and O–H groups in total. The second-order valence-electron chi connectivity index (χ2n) is 6.25. The molecule has 4 heteroatoms. The number of ether oxygens (including phenoxy) is 1. The predicted molar refractivity (Wildman–Crippen MR) is 99.3 cm³/mol. The van der Waals surface area contributed by atoms with Crippen molar-refractivity contribution in [3.63, 3.8) is 0 Å². The molecule has 0 radical (unpaired) electrons. The fraction of sp³-hybridized carbons (Fsp3) is 0.273. The van der Waals surface area contributed by atoms with Gasteiger partial charge in [0.15, 0.2) is 5.69 Å². The molecule has 2 aromatic rings. The van der Waals surface area contributed by atoms with Crippen molar-refractivity contribution in [3.8, 4) is 17.6 Å². The zero-order valence-corrected chi connectivity index (χ0v) is 14.5. The molecule has 0 saturated heterocycles. The summed E-state index contributed by atoms with van der Waals surface area (Å²) in [5.74, 6) is 5.32. The minimum atomic E-state index is -0.862. The highest BCUT2D eigenvalue weighted by molar-refractivity contribution is 5.69. The van der Waals surface area contributed by atoms with Gasteiger partial charge in [0.2, 0.25) is 0 Å². The average Bonchev–Trinajstić information content (AvgIpc) is 3.03. The smallest absolute Gasteiger partial charge is 0.304 e. The molecule has 0 aliphatic heterocycles. The van der Waals surface area contributed by atoms with Gasteiger partial charge in [-0.05, 0) is 43.0 Å². The molecule has 0 amide bonds. The molecule has 0 heterocycles. The van der Waals surface area contributed by atoms with E-state index in [2.05, 4.69) is 16.7 Å². The van der Waals surface area contributed by atoms with Crippen LogP contribution in [0.15, 0.2) is 42.5 Å². The molecule has 0 fully saturated rings. The van der Waals surface area contributed by atoms with Gasteiger partial charge in [-0.2, -0.15) is 0 Å². The molecule has 130 valence electrons.